The van der Waals surface area contributed by atoms with Crippen LogP contribution in [0.1, 0.15) is 16.8 Å². The third-order valence-corrected chi connectivity index (χ3v) is 2.52. The van der Waals surface area contributed by atoms with Crippen LogP contribution < -0.4 is 5.32 Å². The van der Waals surface area contributed by atoms with E-state index < -0.39 is 23.6 Å². The Bertz CT molecular complexity index is 498. The first-order valence-electron chi connectivity index (χ1n) is 5.00. The van der Waals surface area contributed by atoms with E-state index in [1.54, 1.807) is 6.07 Å². The van der Waals surface area contributed by atoms with Crippen LogP contribution in [0.4, 0.5) is 5.82 Å². The molecule has 0 saturated carbocycles. The summed E-state index contributed by atoms with van der Waals surface area (Å²) in [5, 5.41) is 2.48. The van der Waals surface area contributed by atoms with Crippen molar-refractivity contribution in [2.75, 3.05) is 12.4 Å². The maximum atomic E-state index is 12.0. The Balaban J connectivity index is 2.46. The molecule has 0 aromatic carbocycles. The second kappa shape index (κ2) is 4.32. The van der Waals surface area contributed by atoms with Crippen LogP contribution in [0, 0.1) is 5.92 Å². The first kappa shape index (κ1) is 11.3. The van der Waals surface area contributed by atoms with Gasteiger partial charge < -0.3 is 10.1 Å². The van der Waals surface area contributed by atoms with Crippen molar-refractivity contribution < 1.29 is 19.1 Å². The summed E-state index contributed by atoms with van der Waals surface area (Å²) >= 11 is 0. The minimum Gasteiger partial charge on any atom is -0.468 e. The van der Waals surface area contributed by atoms with Crippen molar-refractivity contribution in [2.45, 2.75) is 6.42 Å². The second-order valence-corrected chi connectivity index (χ2v) is 3.59. The van der Waals surface area contributed by atoms with E-state index >= 15 is 0 Å². The van der Waals surface area contributed by atoms with E-state index in [4.69, 9.17) is 0 Å². The fourth-order valence-electron chi connectivity index (χ4n) is 1.69. The van der Waals surface area contributed by atoms with Gasteiger partial charge >= 0.3 is 5.97 Å². The number of rotatable bonds is 1. The van der Waals surface area contributed by atoms with Crippen molar-refractivity contribution in [2.24, 2.45) is 5.92 Å². The molecule has 0 bridgehead atoms. The Morgan fingerprint density at radius 3 is 3.00 bits per heavy atom. The molecule has 2 rings (SSSR count). The molecule has 1 amide bonds. The van der Waals surface area contributed by atoms with Crippen LogP contribution in [0.5, 0.6) is 0 Å². The van der Waals surface area contributed by atoms with Crippen molar-refractivity contribution >= 4 is 23.5 Å². The number of hydrogen-bond acceptors (Lipinski definition) is 5. The standard InChI is InChI=1S/C11H10N2O4/c1-17-11(16)7-5-8(14)13-10-6(9(7)15)3-2-4-12-10/h2-4,7H,5H2,1H3,(H,12,13,14). The minimum absolute atomic E-state index is 0.189. The third kappa shape index (κ3) is 2.01. The lowest BCUT2D eigenvalue weighted by atomic mass is 9.96. The summed E-state index contributed by atoms with van der Waals surface area (Å²) in [5.74, 6) is -2.48. The lowest BCUT2D eigenvalue weighted by Crippen LogP contribution is -2.27. The zero-order chi connectivity index (χ0) is 12.4. The Kier molecular flexibility index (Phi) is 2.86. The van der Waals surface area contributed by atoms with Crippen molar-refractivity contribution in [3.63, 3.8) is 0 Å². The molecular formula is C11H10N2O4. The molecule has 1 atom stereocenters. The molecule has 2 heterocycles. The van der Waals surface area contributed by atoms with E-state index in [9.17, 15) is 14.4 Å². The molecule has 6 heteroatoms. The lowest BCUT2D eigenvalue weighted by Gasteiger charge is -2.08. The van der Waals surface area contributed by atoms with Crippen LogP contribution in [0.3, 0.4) is 0 Å². The van der Waals surface area contributed by atoms with Gasteiger partial charge in [-0.1, -0.05) is 0 Å². The summed E-state index contributed by atoms with van der Waals surface area (Å²) in [6.07, 6.45) is 1.24. The molecule has 1 aliphatic heterocycles. The number of nitrogens with zero attached hydrogens (tertiary/aromatic N) is 1. The summed E-state index contributed by atoms with van der Waals surface area (Å²) in [7, 11) is 1.18. The number of aromatic nitrogens is 1. The number of anilines is 1. The minimum atomic E-state index is -1.09. The summed E-state index contributed by atoms with van der Waals surface area (Å²) in [4.78, 5) is 38.9. The maximum Gasteiger partial charge on any atom is 0.317 e. The average Bonchev–Trinajstić information content (AvgIpc) is 2.46. The van der Waals surface area contributed by atoms with Gasteiger partial charge in [-0.15, -0.1) is 0 Å². The van der Waals surface area contributed by atoms with Gasteiger partial charge in [0.05, 0.1) is 12.7 Å². The zero-order valence-corrected chi connectivity index (χ0v) is 9.10. The number of Topliss-reactive ketones (excluding diaryl/α,β-unsaturated/α-hetero) is 1. The summed E-state index contributed by atoms with van der Waals surface area (Å²) in [5.41, 5.74) is 0.230. The van der Waals surface area contributed by atoms with E-state index in [1.807, 2.05) is 0 Å². The number of carbonyl (C=O) groups excluding carboxylic acids is 3. The van der Waals surface area contributed by atoms with E-state index in [2.05, 4.69) is 15.0 Å². The number of fused-ring (bicyclic) bond motifs is 1. The molecule has 0 spiro atoms. The number of nitrogens with one attached hydrogen (secondary N) is 1. The summed E-state index contributed by atoms with van der Waals surface area (Å²) in [6.45, 7) is 0. The number of carbonyl (C=O) groups is 3. The van der Waals surface area contributed by atoms with Gasteiger partial charge in [0, 0.05) is 12.6 Å². The van der Waals surface area contributed by atoms with Gasteiger partial charge in [-0.25, -0.2) is 4.98 Å². The first-order valence-corrected chi connectivity index (χ1v) is 5.00. The van der Waals surface area contributed by atoms with Gasteiger partial charge in [-0.2, -0.15) is 0 Å². The molecule has 1 aromatic rings. The van der Waals surface area contributed by atoms with Crippen molar-refractivity contribution in [1.29, 1.82) is 0 Å². The van der Waals surface area contributed by atoms with Crippen LogP contribution in [-0.4, -0.2) is 29.8 Å². The van der Waals surface area contributed by atoms with Crippen molar-refractivity contribution in [3.8, 4) is 0 Å². The molecule has 0 aliphatic carbocycles. The van der Waals surface area contributed by atoms with Gasteiger partial charge in [0.15, 0.2) is 5.78 Å². The predicted octanol–water partition coefficient (Wildman–Crippen LogP) is 0.396. The molecule has 0 fully saturated rings. The Morgan fingerprint density at radius 1 is 1.53 bits per heavy atom. The van der Waals surface area contributed by atoms with Crippen molar-refractivity contribution in [3.05, 3.63) is 23.9 Å². The van der Waals surface area contributed by atoms with E-state index in [0.29, 0.717) is 0 Å². The molecule has 0 saturated heterocycles. The molecule has 1 aromatic heterocycles. The monoisotopic (exact) mass is 234 g/mol. The predicted molar refractivity (Wildman–Crippen MR) is 57.3 cm³/mol. The molecule has 88 valence electrons. The maximum absolute atomic E-state index is 12.0. The van der Waals surface area contributed by atoms with E-state index in [0.717, 1.165) is 0 Å². The largest absolute Gasteiger partial charge is 0.468 e. The molecule has 1 N–H and O–H groups in total. The Hall–Kier alpha value is -2.24. The summed E-state index contributed by atoms with van der Waals surface area (Å²) in [6, 6.07) is 3.09. The van der Waals surface area contributed by atoms with Gasteiger partial charge in [0.1, 0.15) is 11.7 Å². The van der Waals surface area contributed by atoms with E-state index in [-0.39, 0.29) is 17.8 Å². The topological polar surface area (TPSA) is 85.4 Å². The van der Waals surface area contributed by atoms with Crippen molar-refractivity contribution in [1.82, 2.24) is 4.98 Å². The van der Waals surface area contributed by atoms with Gasteiger partial charge in [0.25, 0.3) is 0 Å². The highest BCUT2D eigenvalue weighted by Gasteiger charge is 2.35. The first-order chi connectivity index (χ1) is 8.13. The third-order valence-electron chi connectivity index (χ3n) is 2.52. The highest BCUT2D eigenvalue weighted by Crippen LogP contribution is 2.23. The molecule has 1 aliphatic rings. The number of ether oxygens (including phenoxy) is 1. The van der Waals surface area contributed by atoms with Gasteiger partial charge in [-0.3, -0.25) is 14.4 Å². The molecule has 1 unspecified atom stereocenters. The lowest BCUT2D eigenvalue weighted by molar-refractivity contribution is -0.145. The quantitative estimate of drug-likeness (QED) is 0.561. The SMILES string of the molecule is COC(=O)C1CC(=O)Nc2ncccc2C1=O. The van der Waals surface area contributed by atoms with E-state index in [1.165, 1.54) is 19.4 Å². The van der Waals surface area contributed by atoms with Gasteiger partial charge in [-0.05, 0) is 12.1 Å². The number of ketones is 1. The van der Waals surface area contributed by atoms with Crippen LogP contribution in [0.15, 0.2) is 18.3 Å². The fourth-order valence-corrected chi connectivity index (χ4v) is 1.69. The Morgan fingerprint density at radius 2 is 2.29 bits per heavy atom. The number of pyridine rings is 1. The average molecular weight is 234 g/mol. The fraction of sp³-hybridized carbons (Fsp3) is 0.273. The Labute approximate surface area is 97.0 Å². The van der Waals surface area contributed by atoms with Crippen LogP contribution in [0.2, 0.25) is 0 Å². The van der Waals surface area contributed by atoms with Gasteiger partial charge in [0.2, 0.25) is 5.91 Å². The van der Waals surface area contributed by atoms with Crippen LogP contribution >= 0.6 is 0 Å². The number of methoxy groups -OCH3 is 1. The zero-order valence-electron chi connectivity index (χ0n) is 9.10. The normalized spacial score (nSPS) is 19.0. The highest BCUT2D eigenvalue weighted by atomic mass is 16.5. The highest BCUT2D eigenvalue weighted by molar-refractivity contribution is 6.16. The van der Waals surface area contributed by atoms with Crippen LogP contribution in [-0.2, 0) is 14.3 Å². The number of hydrogen-bond donors (Lipinski definition) is 1. The molecule has 6 nitrogen and oxygen atoms in total. The smallest absolute Gasteiger partial charge is 0.317 e. The molecular weight excluding hydrogens is 224 g/mol. The second-order valence-electron chi connectivity index (χ2n) is 3.59. The van der Waals surface area contributed by atoms with Crippen LogP contribution in [0.25, 0.3) is 0 Å². The number of amides is 1. The number of esters is 1. The summed E-state index contributed by atoms with van der Waals surface area (Å²) < 4.78 is 4.52. The molecule has 17 heavy (non-hydrogen) atoms. The molecule has 0 radical (unpaired) electrons.